The van der Waals surface area contributed by atoms with Crippen LogP contribution in [0, 0.1) is 0 Å². The van der Waals surface area contributed by atoms with Crippen LogP contribution in [-0.2, 0) is 6.42 Å². The van der Waals surface area contributed by atoms with E-state index in [1.165, 1.54) is 0 Å². The van der Waals surface area contributed by atoms with Crippen molar-refractivity contribution in [3.8, 4) is 0 Å². The van der Waals surface area contributed by atoms with Crippen LogP contribution < -0.4 is 5.73 Å². The maximum atomic E-state index is 5.84. The average molecular weight is 221 g/mol. The van der Waals surface area contributed by atoms with E-state index in [0.29, 0.717) is 5.15 Å². The van der Waals surface area contributed by atoms with Gasteiger partial charge in [0.05, 0.1) is 0 Å². The largest absolute Gasteiger partial charge is 0.325 e. The molecule has 4 heteroatoms. The molecular weight excluding hydrogens is 207 g/mol. The Bertz CT molecular complexity index is 251. The van der Waals surface area contributed by atoms with Gasteiger partial charge in [0.15, 0.2) is 0 Å². The molecule has 1 heterocycles. The van der Waals surface area contributed by atoms with Crippen molar-refractivity contribution in [2.45, 2.75) is 25.8 Å². The number of hydrogen-bond acceptors (Lipinski definition) is 2. The summed E-state index contributed by atoms with van der Waals surface area (Å²) in [5, 5.41) is 0.522. The first-order valence-electron chi connectivity index (χ1n) is 3.87. The van der Waals surface area contributed by atoms with Gasteiger partial charge >= 0.3 is 0 Å². The van der Waals surface area contributed by atoms with Crippen molar-refractivity contribution >= 4 is 24.0 Å². The highest BCUT2D eigenvalue weighted by Crippen LogP contribution is 2.11. The molecule has 13 heavy (non-hydrogen) atoms. The molecule has 74 valence electrons. The number of nitrogens with zero attached hydrogens (tertiary/aromatic N) is 1. The number of hydrogen-bond donors (Lipinski definition) is 1. The van der Waals surface area contributed by atoms with Crippen LogP contribution in [0.4, 0.5) is 0 Å². The van der Waals surface area contributed by atoms with E-state index < -0.39 is 0 Å². The van der Waals surface area contributed by atoms with Crippen molar-refractivity contribution in [1.82, 2.24) is 4.98 Å². The van der Waals surface area contributed by atoms with Gasteiger partial charge in [0.25, 0.3) is 0 Å². The van der Waals surface area contributed by atoms with E-state index >= 15 is 0 Å². The SMILES string of the molecule is CC(C)(N)Cc1ccc(Cl)nc1.Cl. The molecule has 0 saturated heterocycles. The second-order valence-corrected chi connectivity index (χ2v) is 4.04. The molecule has 1 aromatic heterocycles. The molecule has 0 radical (unpaired) electrons. The summed E-state index contributed by atoms with van der Waals surface area (Å²) >= 11 is 5.64. The molecule has 0 aliphatic rings. The minimum absolute atomic E-state index is 0. The fourth-order valence-electron chi connectivity index (χ4n) is 1.04. The zero-order valence-electron chi connectivity index (χ0n) is 7.75. The Labute approximate surface area is 89.9 Å². The molecule has 0 aliphatic carbocycles. The third-order valence-corrected chi connectivity index (χ3v) is 1.67. The van der Waals surface area contributed by atoms with Crippen LogP contribution in [0.1, 0.15) is 19.4 Å². The lowest BCUT2D eigenvalue weighted by atomic mass is 9.98. The van der Waals surface area contributed by atoms with Gasteiger partial charge in [-0.15, -0.1) is 12.4 Å². The van der Waals surface area contributed by atoms with Crippen molar-refractivity contribution in [2.75, 3.05) is 0 Å². The van der Waals surface area contributed by atoms with Gasteiger partial charge < -0.3 is 5.73 Å². The van der Waals surface area contributed by atoms with Crippen LogP contribution >= 0.6 is 24.0 Å². The highest BCUT2D eigenvalue weighted by molar-refractivity contribution is 6.29. The highest BCUT2D eigenvalue weighted by atomic mass is 35.5. The van der Waals surface area contributed by atoms with Gasteiger partial charge in [-0.3, -0.25) is 0 Å². The Hall–Kier alpha value is -0.310. The van der Waals surface area contributed by atoms with Gasteiger partial charge in [-0.25, -0.2) is 4.98 Å². The average Bonchev–Trinajstić information content (AvgIpc) is 1.91. The maximum Gasteiger partial charge on any atom is 0.129 e. The van der Waals surface area contributed by atoms with E-state index in [9.17, 15) is 0 Å². The van der Waals surface area contributed by atoms with E-state index in [4.69, 9.17) is 17.3 Å². The van der Waals surface area contributed by atoms with E-state index in [0.717, 1.165) is 12.0 Å². The standard InChI is InChI=1S/C9H13ClN2.ClH/c1-9(2,11)5-7-3-4-8(10)12-6-7;/h3-4,6H,5,11H2,1-2H3;1H. The van der Waals surface area contributed by atoms with Crippen LogP contribution in [-0.4, -0.2) is 10.5 Å². The summed E-state index contributed by atoms with van der Waals surface area (Å²) in [4.78, 5) is 3.97. The van der Waals surface area contributed by atoms with Gasteiger partial charge in [-0.1, -0.05) is 17.7 Å². The monoisotopic (exact) mass is 220 g/mol. The lowest BCUT2D eigenvalue weighted by Crippen LogP contribution is -2.34. The third-order valence-electron chi connectivity index (χ3n) is 1.45. The minimum Gasteiger partial charge on any atom is -0.325 e. The summed E-state index contributed by atoms with van der Waals surface area (Å²) in [5.74, 6) is 0. The van der Waals surface area contributed by atoms with E-state index in [2.05, 4.69) is 4.98 Å². The second-order valence-electron chi connectivity index (χ2n) is 3.65. The highest BCUT2D eigenvalue weighted by Gasteiger charge is 2.11. The zero-order chi connectivity index (χ0) is 9.19. The first kappa shape index (κ1) is 12.7. The molecule has 1 aromatic rings. The van der Waals surface area contributed by atoms with Gasteiger partial charge in [0.1, 0.15) is 5.15 Å². The Kier molecular flexibility index (Phi) is 4.68. The second kappa shape index (κ2) is 4.80. The normalized spacial score (nSPS) is 10.8. The van der Waals surface area contributed by atoms with E-state index in [1.54, 1.807) is 12.3 Å². The molecule has 0 unspecified atom stereocenters. The lowest BCUT2D eigenvalue weighted by Gasteiger charge is -2.17. The summed E-state index contributed by atoms with van der Waals surface area (Å²) in [5.41, 5.74) is 6.78. The molecule has 0 spiro atoms. The Morgan fingerprint density at radius 3 is 2.46 bits per heavy atom. The van der Waals surface area contributed by atoms with Crippen molar-refractivity contribution < 1.29 is 0 Å². The molecule has 0 aliphatic heterocycles. The van der Waals surface area contributed by atoms with E-state index in [-0.39, 0.29) is 17.9 Å². The Morgan fingerprint density at radius 2 is 2.08 bits per heavy atom. The van der Waals surface area contributed by atoms with Crippen molar-refractivity contribution in [1.29, 1.82) is 0 Å². The molecule has 0 atom stereocenters. The first-order chi connectivity index (χ1) is 5.47. The van der Waals surface area contributed by atoms with E-state index in [1.807, 2.05) is 19.9 Å². The van der Waals surface area contributed by atoms with Crippen LogP contribution in [0.2, 0.25) is 5.15 Å². The number of aromatic nitrogens is 1. The smallest absolute Gasteiger partial charge is 0.129 e. The molecule has 0 fully saturated rings. The molecule has 1 rings (SSSR count). The predicted molar refractivity (Wildman–Crippen MR) is 58.5 cm³/mol. The quantitative estimate of drug-likeness (QED) is 0.779. The maximum absolute atomic E-state index is 5.84. The van der Waals surface area contributed by atoms with Crippen molar-refractivity contribution in [2.24, 2.45) is 5.73 Å². The fraction of sp³-hybridized carbons (Fsp3) is 0.444. The molecular formula is C9H14Cl2N2. The predicted octanol–water partition coefficient (Wildman–Crippen LogP) is 2.44. The summed E-state index contributed by atoms with van der Waals surface area (Å²) in [6.45, 7) is 3.98. The Morgan fingerprint density at radius 1 is 1.46 bits per heavy atom. The van der Waals surface area contributed by atoms with Gasteiger partial charge in [0.2, 0.25) is 0 Å². The zero-order valence-corrected chi connectivity index (χ0v) is 9.32. The van der Waals surface area contributed by atoms with Gasteiger partial charge in [-0.2, -0.15) is 0 Å². The fourth-order valence-corrected chi connectivity index (χ4v) is 1.15. The summed E-state index contributed by atoms with van der Waals surface area (Å²) in [6, 6.07) is 3.73. The van der Waals surface area contributed by atoms with Gasteiger partial charge in [-0.05, 0) is 31.9 Å². The summed E-state index contributed by atoms with van der Waals surface area (Å²) < 4.78 is 0. The van der Waals surface area contributed by atoms with Gasteiger partial charge in [0, 0.05) is 11.7 Å². The molecule has 2 N–H and O–H groups in total. The lowest BCUT2D eigenvalue weighted by molar-refractivity contribution is 0.516. The number of nitrogens with two attached hydrogens (primary N) is 1. The number of rotatable bonds is 2. The van der Waals surface area contributed by atoms with Crippen molar-refractivity contribution in [3.63, 3.8) is 0 Å². The Balaban J connectivity index is 0.00000144. The third kappa shape index (κ3) is 5.09. The minimum atomic E-state index is -0.185. The van der Waals surface area contributed by atoms with Crippen LogP contribution in [0.25, 0.3) is 0 Å². The topological polar surface area (TPSA) is 38.9 Å². The molecule has 0 aromatic carbocycles. The number of pyridine rings is 1. The number of halogens is 2. The van der Waals surface area contributed by atoms with Crippen LogP contribution in [0.15, 0.2) is 18.3 Å². The van der Waals surface area contributed by atoms with Crippen molar-refractivity contribution in [3.05, 3.63) is 29.0 Å². The van der Waals surface area contributed by atoms with Crippen LogP contribution in [0.5, 0.6) is 0 Å². The summed E-state index contributed by atoms with van der Waals surface area (Å²) in [6.07, 6.45) is 2.58. The van der Waals surface area contributed by atoms with Crippen LogP contribution in [0.3, 0.4) is 0 Å². The molecule has 0 amide bonds. The molecule has 0 bridgehead atoms. The molecule has 0 saturated carbocycles. The first-order valence-corrected chi connectivity index (χ1v) is 4.24. The molecule has 2 nitrogen and oxygen atoms in total. The summed E-state index contributed by atoms with van der Waals surface area (Å²) in [7, 11) is 0.